The maximum absolute atomic E-state index is 12.4. The largest absolute Gasteiger partial charge is 0.361 e. The number of aromatic nitrogens is 2. The smallest absolute Gasteiger partial charge is 0.224 e. The number of fused-ring (bicyclic) bond motifs is 1. The number of H-pyrrole nitrogens is 1. The molecule has 130 valence electrons. The Kier molecular flexibility index (Phi) is 4.70. The molecule has 1 aliphatic rings. The van der Waals surface area contributed by atoms with Crippen molar-refractivity contribution in [3.8, 4) is 0 Å². The third-order valence-corrected chi connectivity index (χ3v) is 5.65. The fourth-order valence-electron chi connectivity index (χ4n) is 3.55. The fraction of sp³-hybridized carbons (Fsp3) is 0.368. The number of amides is 1. The average molecular weight is 354 g/mol. The van der Waals surface area contributed by atoms with Gasteiger partial charge in [-0.2, -0.15) is 0 Å². The van der Waals surface area contributed by atoms with Gasteiger partial charge in [0.1, 0.15) is 0 Å². The number of carbonyl (C=O) groups is 1. The number of piperidine rings is 1. The molecule has 2 N–H and O–H groups in total. The van der Waals surface area contributed by atoms with Gasteiger partial charge in [-0.1, -0.05) is 18.2 Å². The molecule has 25 heavy (non-hydrogen) atoms. The van der Waals surface area contributed by atoms with Crippen LogP contribution in [0.25, 0.3) is 10.9 Å². The minimum atomic E-state index is 0.0936. The second-order valence-corrected chi connectivity index (χ2v) is 7.48. The second kappa shape index (κ2) is 7.27. The summed E-state index contributed by atoms with van der Waals surface area (Å²) in [7, 11) is 0. The number of thiazole rings is 1. The Bertz CT molecular complexity index is 842. The average Bonchev–Trinajstić information content (AvgIpc) is 3.31. The first-order valence-electron chi connectivity index (χ1n) is 8.76. The molecule has 1 amide bonds. The highest BCUT2D eigenvalue weighted by atomic mass is 32.1. The predicted octanol–water partition coefficient (Wildman–Crippen LogP) is 3.20. The molecule has 6 heteroatoms. The van der Waals surface area contributed by atoms with Gasteiger partial charge in [0, 0.05) is 48.3 Å². The number of hydrogen-bond donors (Lipinski definition) is 2. The molecule has 1 aromatic carbocycles. The Hall–Kier alpha value is -2.34. The van der Waals surface area contributed by atoms with Crippen LogP contribution >= 0.6 is 11.3 Å². The molecule has 4 rings (SSSR count). The molecule has 0 saturated carbocycles. The molecule has 0 spiro atoms. The van der Waals surface area contributed by atoms with Crippen LogP contribution in [-0.2, 0) is 11.2 Å². The fourth-order valence-corrected chi connectivity index (χ4v) is 4.23. The maximum Gasteiger partial charge on any atom is 0.224 e. The van der Waals surface area contributed by atoms with E-state index in [9.17, 15) is 4.79 Å². The lowest BCUT2D eigenvalue weighted by Crippen LogP contribution is -2.41. The molecule has 1 fully saturated rings. The van der Waals surface area contributed by atoms with Crippen LogP contribution in [0.4, 0.5) is 5.13 Å². The summed E-state index contributed by atoms with van der Waals surface area (Å²) in [6, 6.07) is 8.10. The molecule has 1 unspecified atom stereocenters. The van der Waals surface area contributed by atoms with E-state index in [-0.39, 0.29) is 5.91 Å². The van der Waals surface area contributed by atoms with Gasteiger partial charge in [-0.25, -0.2) is 4.98 Å². The van der Waals surface area contributed by atoms with Gasteiger partial charge in [0.05, 0.1) is 6.42 Å². The highest BCUT2D eigenvalue weighted by Crippen LogP contribution is 2.24. The van der Waals surface area contributed by atoms with E-state index < -0.39 is 0 Å². The summed E-state index contributed by atoms with van der Waals surface area (Å²) >= 11 is 1.68. The van der Waals surface area contributed by atoms with Gasteiger partial charge in [-0.15, -0.1) is 11.3 Å². The number of nitrogens with zero attached hydrogens (tertiary/aromatic N) is 2. The molecule has 3 heterocycles. The molecule has 0 bridgehead atoms. The van der Waals surface area contributed by atoms with Crippen LogP contribution in [0.3, 0.4) is 0 Å². The second-order valence-electron chi connectivity index (χ2n) is 6.61. The van der Waals surface area contributed by atoms with E-state index in [0.29, 0.717) is 12.3 Å². The normalized spacial score (nSPS) is 17.8. The van der Waals surface area contributed by atoms with E-state index in [1.54, 1.807) is 11.3 Å². The summed E-state index contributed by atoms with van der Waals surface area (Å²) in [5.74, 6) is 0.584. The van der Waals surface area contributed by atoms with Crippen molar-refractivity contribution in [1.29, 1.82) is 0 Å². The number of benzene rings is 1. The first-order valence-corrected chi connectivity index (χ1v) is 9.63. The number of para-hydroxylation sites is 1. The van der Waals surface area contributed by atoms with Crippen molar-refractivity contribution in [3.63, 3.8) is 0 Å². The third-order valence-electron chi connectivity index (χ3n) is 4.82. The Morgan fingerprint density at radius 3 is 3.20 bits per heavy atom. The lowest BCUT2D eigenvalue weighted by molar-refractivity contribution is -0.120. The van der Waals surface area contributed by atoms with E-state index in [0.717, 1.165) is 54.1 Å². The Balaban J connectivity index is 1.31. The zero-order valence-electron chi connectivity index (χ0n) is 14.1. The lowest BCUT2D eigenvalue weighted by atomic mass is 9.98. The predicted molar refractivity (Wildman–Crippen MR) is 102 cm³/mol. The molecule has 1 aliphatic heterocycles. The molecule has 0 radical (unpaired) electrons. The Morgan fingerprint density at radius 2 is 2.32 bits per heavy atom. The van der Waals surface area contributed by atoms with Gasteiger partial charge in [0.25, 0.3) is 0 Å². The third kappa shape index (κ3) is 3.69. The van der Waals surface area contributed by atoms with Gasteiger partial charge in [-0.3, -0.25) is 4.79 Å². The lowest BCUT2D eigenvalue weighted by Gasteiger charge is -2.32. The van der Waals surface area contributed by atoms with Gasteiger partial charge >= 0.3 is 0 Å². The number of nitrogens with one attached hydrogen (secondary N) is 2. The minimum absolute atomic E-state index is 0.0936. The molecule has 0 aliphatic carbocycles. The van der Waals surface area contributed by atoms with Gasteiger partial charge in [0.15, 0.2) is 5.13 Å². The maximum atomic E-state index is 12.4. The van der Waals surface area contributed by atoms with E-state index >= 15 is 0 Å². The van der Waals surface area contributed by atoms with Crippen LogP contribution in [0.1, 0.15) is 18.4 Å². The summed E-state index contributed by atoms with van der Waals surface area (Å²) in [5, 5.41) is 7.36. The molecule has 5 nitrogen and oxygen atoms in total. The van der Waals surface area contributed by atoms with Crippen molar-refractivity contribution in [2.45, 2.75) is 19.3 Å². The monoisotopic (exact) mass is 354 g/mol. The highest BCUT2D eigenvalue weighted by molar-refractivity contribution is 7.13. The quantitative estimate of drug-likeness (QED) is 0.740. The number of hydrogen-bond acceptors (Lipinski definition) is 4. The summed E-state index contributed by atoms with van der Waals surface area (Å²) in [5.41, 5.74) is 2.14. The van der Waals surface area contributed by atoms with Crippen LogP contribution in [0.5, 0.6) is 0 Å². The first kappa shape index (κ1) is 16.1. The van der Waals surface area contributed by atoms with Crippen molar-refractivity contribution in [1.82, 2.24) is 15.3 Å². The van der Waals surface area contributed by atoms with Gasteiger partial charge < -0.3 is 15.2 Å². The van der Waals surface area contributed by atoms with E-state index in [1.807, 2.05) is 36.0 Å². The van der Waals surface area contributed by atoms with Crippen molar-refractivity contribution in [3.05, 3.63) is 47.6 Å². The first-order chi connectivity index (χ1) is 12.3. The molecule has 1 saturated heterocycles. The molecular weight excluding hydrogens is 332 g/mol. The number of aromatic amines is 1. The summed E-state index contributed by atoms with van der Waals surface area (Å²) in [4.78, 5) is 22.3. The summed E-state index contributed by atoms with van der Waals surface area (Å²) < 4.78 is 0. The standard InChI is InChI=1S/C19H22N4OS/c24-18(10-15-12-21-17-6-2-1-5-16(15)17)22-11-14-4-3-8-23(13-14)19-20-7-9-25-19/h1-2,5-7,9,12,14,21H,3-4,8,10-11,13H2,(H,22,24). The van der Waals surface area contributed by atoms with Crippen molar-refractivity contribution >= 4 is 33.3 Å². The topological polar surface area (TPSA) is 61.0 Å². The van der Waals surface area contributed by atoms with Crippen molar-refractivity contribution in [2.75, 3.05) is 24.5 Å². The molecule has 3 aromatic rings. The number of rotatable bonds is 5. The number of anilines is 1. The van der Waals surface area contributed by atoms with E-state index in [1.165, 1.54) is 0 Å². The molecular formula is C19H22N4OS. The van der Waals surface area contributed by atoms with Gasteiger partial charge in [0.2, 0.25) is 5.91 Å². The minimum Gasteiger partial charge on any atom is -0.361 e. The van der Waals surface area contributed by atoms with Gasteiger partial charge in [-0.05, 0) is 30.4 Å². The van der Waals surface area contributed by atoms with Crippen LogP contribution < -0.4 is 10.2 Å². The number of carbonyl (C=O) groups excluding carboxylic acids is 1. The van der Waals surface area contributed by atoms with Crippen molar-refractivity contribution in [2.24, 2.45) is 5.92 Å². The summed E-state index contributed by atoms with van der Waals surface area (Å²) in [6.45, 7) is 2.78. The van der Waals surface area contributed by atoms with Crippen LogP contribution in [0.2, 0.25) is 0 Å². The highest BCUT2D eigenvalue weighted by Gasteiger charge is 2.22. The Labute approximate surface area is 151 Å². The van der Waals surface area contributed by atoms with Crippen LogP contribution in [0.15, 0.2) is 42.0 Å². The zero-order valence-corrected chi connectivity index (χ0v) is 14.9. The SMILES string of the molecule is O=C(Cc1c[nH]c2ccccc12)NCC1CCCN(c2nccs2)C1. The molecule has 2 aromatic heterocycles. The van der Waals surface area contributed by atoms with E-state index in [4.69, 9.17) is 0 Å². The van der Waals surface area contributed by atoms with E-state index in [2.05, 4.69) is 26.3 Å². The van der Waals surface area contributed by atoms with Crippen LogP contribution in [0, 0.1) is 5.92 Å². The van der Waals surface area contributed by atoms with Crippen molar-refractivity contribution < 1.29 is 4.79 Å². The molecule has 1 atom stereocenters. The Morgan fingerprint density at radius 1 is 1.40 bits per heavy atom. The van der Waals surface area contributed by atoms with Crippen LogP contribution in [-0.4, -0.2) is 35.5 Å². The summed E-state index contributed by atoms with van der Waals surface area (Å²) in [6.07, 6.45) is 6.53. The zero-order chi connectivity index (χ0) is 17.1.